The van der Waals surface area contributed by atoms with E-state index in [-0.39, 0.29) is 18.9 Å². The lowest BCUT2D eigenvalue weighted by molar-refractivity contribution is -0.138. The van der Waals surface area contributed by atoms with Crippen molar-refractivity contribution in [1.82, 2.24) is 5.32 Å². The molecule has 5 nitrogen and oxygen atoms in total. The van der Waals surface area contributed by atoms with Crippen molar-refractivity contribution in [2.24, 2.45) is 0 Å². The van der Waals surface area contributed by atoms with Gasteiger partial charge in [-0.05, 0) is 0 Å². The van der Waals surface area contributed by atoms with Crippen LogP contribution in [0.4, 0.5) is 0 Å². The van der Waals surface area contributed by atoms with Gasteiger partial charge in [-0.3, -0.25) is 9.59 Å². The number of amides is 1. The summed E-state index contributed by atoms with van der Waals surface area (Å²) in [4.78, 5) is 20.8. The van der Waals surface area contributed by atoms with Crippen LogP contribution in [-0.2, 0) is 14.3 Å². The Kier molecular flexibility index (Phi) is 5.03. The number of methoxy groups -OCH3 is 1. The Morgan fingerprint density at radius 1 is 1.58 bits per heavy atom. The quantitative estimate of drug-likeness (QED) is 0.596. The Labute approximate surface area is 70.7 Å². The highest BCUT2D eigenvalue weighted by Gasteiger charge is 2.13. The van der Waals surface area contributed by atoms with Crippen LogP contribution in [0.5, 0.6) is 0 Å². The minimum atomic E-state index is -0.953. The minimum Gasteiger partial charge on any atom is -0.481 e. The lowest BCUT2D eigenvalue weighted by Gasteiger charge is -2.13. The van der Waals surface area contributed by atoms with Gasteiger partial charge in [-0.15, -0.1) is 0 Å². The zero-order valence-electron chi connectivity index (χ0n) is 7.16. The Morgan fingerprint density at radius 3 is 2.50 bits per heavy atom. The number of hydrogen-bond acceptors (Lipinski definition) is 3. The molecular weight excluding hydrogens is 162 g/mol. The second-order valence-electron chi connectivity index (χ2n) is 2.45. The van der Waals surface area contributed by atoms with Gasteiger partial charge in [0.1, 0.15) is 0 Å². The second-order valence-corrected chi connectivity index (χ2v) is 2.45. The van der Waals surface area contributed by atoms with E-state index in [9.17, 15) is 9.59 Å². The Hall–Kier alpha value is -1.10. The summed E-state index contributed by atoms with van der Waals surface area (Å²) >= 11 is 0. The van der Waals surface area contributed by atoms with Crippen molar-refractivity contribution in [3.8, 4) is 0 Å². The molecule has 0 fully saturated rings. The molecule has 0 saturated carbocycles. The average Bonchev–Trinajstić information content (AvgIpc) is 1.84. The summed E-state index contributed by atoms with van der Waals surface area (Å²) in [5.41, 5.74) is 0. The van der Waals surface area contributed by atoms with Crippen molar-refractivity contribution in [2.45, 2.75) is 19.4 Å². The first kappa shape index (κ1) is 10.9. The second kappa shape index (κ2) is 5.54. The fourth-order valence-corrected chi connectivity index (χ4v) is 0.851. The standard InChI is InChI=1S/C7H13NO4/c1-5(9)8-6(4-12-2)3-7(10)11/h6H,3-4H2,1-2H3,(H,8,9)(H,10,11). The number of carboxylic acids is 1. The maximum absolute atomic E-state index is 10.6. The molecule has 0 spiro atoms. The first-order chi connectivity index (χ1) is 5.56. The minimum absolute atomic E-state index is 0.118. The fourth-order valence-electron chi connectivity index (χ4n) is 0.851. The highest BCUT2D eigenvalue weighted by atomic mass is 16.5. The van der Waals surface area contributed by atoms with Gasteiger partial charge < -0.3 is 15.2 Å². The molecule has 0 rings (SSSR count). The topological polar surface area (TPSA) is 75.6 Å². The zero-order chi connectivity index (χ0) is 9.56. The molecule has 1 unspecified atom stereocenters. The first-order valence-electron chi connectivity index (χ1n) is 3.54. The molecule has 0 heterocycles. The summed E-state index contributed by atoms with van der Waals surface area (Å²) < 4.78 is 4.73. The van der Waals surface area contributed by atoms with Gasteiger partial charge in [-0.25, -0.2) is 0 Å². The number of nitrogens with one attached hydrogen (secondary N) is 1. The number of aliphatic carboxylic acids is 1. The van der Waals surface area contributed by atoms with Crippen LogP contribution in [0.1, 0.15) is 13.3 Å². The summed E-state index contributed by atoms with van der Waals surface area (Å²) in [5, 5.41) is 10.9. The van der Waals surface area contributed by atoms with Crippen LogP contribution in [0.15, 0.2) is 0 Å². The third-order valence-corrected chi connectivity index (χ3v) is 1.20. The van der Waals surface area contributed by atoms with Crippen LogP contribution in [0, 0.1) is 0 Å². The predicted molar refractivity (Wildman–Crippen MR) is 41.7 cm³/mol. The largest absolute Gasteiger partial charge is 0.481 e. The van der Waals surface area contributed by atoms with Gasteiger partial charge in [-0.2, -0.15) is 0 Å². The molecule has 0 aromatic rings. The number of rotatable bonds is 5. The third kappa shape index (κ3) is 5.67. The third-order valence-electron chi connectivity index (χ3n) is 1.20. The van der Waals surface area contributed by atoms with E-state index in [0.717, 1.165) is 0 Å². The monoisotopic (exact) mass is 175 g/mol. The van der Waals surface area contributed by atoms with E-state index in [4.69, 9.17) is 9.84 Å². The highest BCUT2D eigenvalue weighted by Crippen LogP contribution is 1.92. The van der Waals surface area contributed by atoms with Gasteiger partial charge in [-0.1, -0.05) is 0 Å². The number of ether oxygens (including phenoxy) is 1. The van der Waals surface area contributed by atoms with Crippen LogP contribution in [0.25, 0.3) is 0 Å². The first-order valence-corrected chi connectivity index (χ1v) is 3.54. The lowest BCUT2D eigenvalue weighted by Crippen LogP contribution is -2.38. The van der Waals surface area contributed by atoms with Crippen molar-refractivity contribution in [2.75, 3.05) is 13.7 Å². The number of carboxylic acid groups (broad SMARTS) is 1. The molecule has 0 saturated heterocycles. The van der Waals surface area contributed by atoms with Crippen LogP contribution in [0.3, 0.4) is 0 Å². The van der Waals surface area contributed by atoms with Gasteiger partial charge in [0.2, 0.25) is 5.91 Å². The van der Waals surface area contributed by atoms with Gasteiger partial charge in [0, 0.05) is 14.0 Å². The molecular formula is C7H13NO4. The number of carbonyl (C=O) groups is 2. The molecule has 5 heteroatoms. The molecule has 0 aromatic carbocycles. The van der Waals surface area contributed by atoms with Gasteiger partial charge in [0.05, 0.1) is 19.1 Å². The molecule has 2 N–H and O–H groups in total. The molecule has 12 heavy (non-hydrogen) atoms. The highest BCUT2D eigenvalue weighted by molar-refractivity contribution is 5.74. The van der Waals surface area contributed by atoms with Crippen LogP contribution < -0.4 is 5.32 Å². The van der Waals surface area contributed by atoms with E-state index >= 15 is 0 Å². The maximum Gasteiger partial charge on any atom is 0.305 e. The van der Waals surface area contributed by atoms with E-state index in [1.807, 2.05) is 0 Å². The predicted octanol–water partition coefficient (Wildman–Crippen LogP) is -0.388. The molecule has 70 valence electrons. The van der Waals surface area contributed by atoms with Crippen molar-refractivity contribution in [1.29, 1.82) is 0 Å². The van der Waals surface area contributed by atoms with Gasteiger partial charge in [0.15, 0.2) is 0 Å². The summed E-state index contributed by atoms with van der Waals surface area (Å²) in [7, 11) is 1.46. The molecule has 0 aromatic heterocycles. The molecule has 0 aliphatic carbocycles. The smallest absolute Gasteiger partial charge is 0.305 e. The fraction of sp³-hybridized carbons (Fsp3) is 0.714. The number of carbonyl (C=O) groups excluding carboxylic acids is 1. The maximum atomic E-state index is 10.6. The van der Waals surface area contributed by atoms with Gasteiger partial charge in [0.25, 0.3) is 0 Å². The molecule has 1 atom stereocenters. The lowest BCUT2D eigenvalue weighted by atomic mass is 10.2. The molecule has 0 aliphatic rings. The summed E-state index contributed by atoms with van der Waals surface area (Å²) in [6.07, 6.45) is -0.118. The average molecular weight is 175 g/mol. The molecule has 0 aliphatic heterocycles. The van der Waals surface area contributed by atoms with Crippen LogP contribution in [0.2, 0.25) is 0 Å². The Morgan fingerprint density at radius 2 is 2.17 bits per heavy atom. The van der Waals surface area contributed by atoms with Crippen LogP contribution >= 0.6 is 0 Å². The van der Waals surface area contributed by atoms with E-state index in [2.05, 4.69) is 5.32 Å². The van der Waals surface area contributed by atoms with Crippen molar-refractivity contribution >= 4 is 11.9 Å². The molecule has 0 bridgehead atoms. The van der Waals surface area contributed by atoms with Crippen molar-refractivity contribution in [3.05, 3.63) is 0 Å². The Balaban J connectivity index is 3.85. The number of hydrogen-bond donors (Lipinski definition) is 2. The van der Waals surface area contributed by atoms with Crippen molar-refractivity contribution in [3.63, 3.8) is 0 Å². The van der Waals surface area contributed by atoms with Crippen LogP contribution in [-0.4, -0.2) is 36.7 Å². The summed E-state index contributed by atoms with van der Waals surface area (Å²) in [5.74, 6) is -1.20. The summed E-state index contributed by atoms with van der Waals surface area (Å²) in [6, 6.07) is -0.440. The Bertz CT molecular complexity index is 153. The van der Waals surface area contributed by atoms with E-state index in [1.54, 1.807) is 0 Å². The molecule has 1 amide bonds. The van der Waals surface area contributed by atoms with E-state index in [0.29, 0.717) is 0 Å². The van der Waals surface area contributed by atoms with E-state index < -0.39 is 12.0 Å². The normalized spacial score (nSPS) is 12.2. The summed E-state index contributed by atoms with van der Waals surface area (Å²) in [6.45, 7) is 1.55. The van der Waals surface area contributed by atoms with E-state index in [1.165, 1.54) is 14.0 Å². The molecule has 0 radical (unpaired) electrons. The zero-order valence-corrected chi connectivity index (χ0v) is 7.16. The van der Waals surface area contributed by atoms with Gasteiger partial charge >= 0.3 is 5.97 Å². The SMILES string of the molecule is COCC(CC(=O)O)NC(C)=O. The van der Waals surface area contributed by atoms with Crippen molar-refractivity contribution < 1.29 is 19.4 Å².